The molecule has 0 saturated heterocycles. The van der Waals surface area contributed by atoms with E-state index in [0.29, 0.717) is 11.8 Å². The molecule has 0 atom stereocenters. The number of rotatable bonds is 2. The standard InChI is InChI=1S/C17H14O3/c18-13-4-1-11(2-5-13)9-12-3-8-17(20)16-10-14(19)6-7-15(12)16/h1-8,10,18-20H,9H2. The largest absolute Gasteiger partial charge is 0.508 e. The summed E-state index contributed by atoms with van der Waals surface area (Å²) in [4.78, 5) is 0. The van der Waals surface area contributed by atoms with Gasteiger partial charge in [0.1, 0.15) is 17.2 Å². The van der Waals surface area contributed by atoms with Crippen LogP contribution < -0.4 is 0 Å². The molecule has 3 N–H and O–H groups in total. The average Bonchev–Trinajstić information content (AvgIpc) is 2.44. The molecular weight excluding hydrogens is 252 g/mol. The van der Waals surface area contributed by atoms with Crippen molar-refractivity contribution in [1.29, 1.82) is 0 Å². The molecule has 20 heavy (non-hydrogen) atoms. The van der Waals surface area contributed by atoms with Gasteiger partial charge in [-0.05, 0) is 53.3 Å². The van der Waals surface area contributed by atoms with E-state index < -0.39 is 0 Å². The second kappa shape index (κ2) is 4.78. The lowest BCUT2D eigenvalue weighted by Crippen LogP contribution is -1.90. The van der Waals surface area contributed by atoms with E-state index >= 15 is 0 Å². The minimum Gasteiger partial charge on any atom is -0.508 e. The molecule has 3 nitrogen and oxygen atoms in total. The first kappa shape index (κ1) is 12.4. The van der Waals surface area contributed by atoms with Crippen LogP contribution in [-0.4, -0.2) is 15.3 Å². The zero-order valence-electron chi connectivity index (χ0n) is 10.7. The second-order valence-electron chi connectivity index (χ2n) is 4.82. The van der Waals surface area contributed by atoms with Crippen molar-refractivity contribution in [2.24, 2.45) is 0 Å². The monoisotopic (exact) mass is 266 g/mol. The number of fused-ring (bicyclic) bond motifs is 1. The van der Waals surface area contributed by atoms with Gasteiger partial charge >= 0.3 is 0 Å². The van der Waals surface area contributed by atoms with Crippen LogP contribution >= 0.6 is 0 Å². The van der Waals surface area contributed by atoms with Crippen molar-refractivity contribution in [3.63, 3.8) is 0 Å². The molecule has 100 valence electrons. The van der Waals surface area contributed by atoms with Crippen molar-refractivity contribution in [1.82, 2.24) is 0 Å². The number of hydrogen-bond acceptors (Lipinski definition) is 3. The molecule has 3 heteroatoms. The summed E-state index contributed by atoms with van der Waals surface area (Å²) in [7, 11) is 0. The van der Waals surface area contributed by atoms with E-state index in [1.165, 1.54) is 0 Å². The van der Waals surface area contributed by atoms with E-state index in [9.17, 15) is 15.3 Å². The maximum absolute atomic E-state index is 9.88. The van der Waals surface area contributed by atoms with E-state index in [1.54, 1.807) is 36.4 Å². The van der Waals surface area contributed by atoms with Crippen LogP contribution in [0.25, 0.3) is 10.8 Å². The van der Waals surface area contributed by atoms with Gasteiger partial charge in [-0.2, -0.15) is 0 Å². The lowest BCUT2D eigenvalue weighted by Gasteiger charge is -2.09. The summed E-state index contributed by atoms with van der Waals surface area (Å²) in [6, 6.07) is 15.5. The molecule has 0 aliphatic heterocycles. The molecule has 0 aromatic heterocycles. The molecule has 0 unspecified atom stereocenters. The van der Waals surface area contributed by atoms with Crippen LogP contribution in [0.3, 0.4) is 0 Å². The van der Waals surface area contributed by atoms with Crippen molar-refractivity contribution in [2.45, 2.75) is 6.42 Å². The van der Waals surface area contributed by atoms with Crippen molar-refractivity contribution >= 4 is 10.8 Å². The molecule has 0 heterocycles. The van der Waals surface area contributed by atoms with Crippen LogP contribution in [0.15, 0.2) is 54.6 Å². The molecule has 0 aliphatic carbocycles. The van der Waals surface area contributed by atoms with Gasteiger partial charge in [0, 0.05) is 5.39 Å². The summed E-state index contributed by atoms with van der Waals surface area (Å²) in [5.74, 6) is 0.536. The van der Waals surface area contributed by atoms with Crippen LogP contribution in [0.4, 0.5) is 0 Å². The summed E-state index contributed by atoms with van der Waals surface area (Å²) >= 11 is 0. The Morgan fingerprint density at radius 1 is 0.650 bits per heavy atom. The fraction of sp³-hybridized carbons (Fsp3) is 0.0588. The Hall–Kier alpha value is -2.68. The Morgan fingerprint density at radius 3 is 2.10 bits per heavy atom. The molecule has 3 aromatic rings. The molecule has 0 aliphatic rings. The Labute approximate surface area is 116 Å². The molecule has 0 fully saturated rings. The highest BCUT2D eigenvalue weighted by Crippen LogP contribution is 2.31. The zero-order chi connectivity index (χ0) is 14.1. The summed E-state index contributed by atoms with van der Waals surface area (Å²) in [5, 5.41) is 30.3. The van der Waals surface area contributed by atoms with Gasteiger partial charge in [0.2, 0.25) is 0 Å². The lowest BCUT2D eigenvalue weighted by atomic mass is 9.97. The van der Waals surface area contributed by atoms with Crippen LogP contribution in [0.2, 0.25) is 0 Å². The molecular formula is C17H14O3. The molecule has 0 saturated carbocycles. The highest BCUT2D eigenvalue weighted by molar-refractivity contribution is 5.92. The van der Waals surface area contributed by atoms with Gasteiger partial charge < -0.3 is 15.3 Å². The first-order chi connectivity index (χ1) is 9.63. The van der Waals surface area contributed by atoms with Crippen LogP contribution in [0.5, 0.6) is 17.2 Å². The van der Waals surface area contributed by atoms with Crippen LogP contribution in [-0.2, 0) is 6.42 Å². The third-order valence-electron chi connectivity index (χ3n) is 3.40. The third kappa shape index (κ3) is 2.26. The van der Waals surface area contributed by atoms with E-state index in [4.69, 9.17) is 0 Å². The maximum atomic E-state index is 9.88. The van der Waals surface area contributed by atoms with Crippen LogP contribution in [0, 0.1) is 0 Å². The Morgan fingerprint density at radius 2 is 1.35 bits per heavy atom. The van der Waals surface area contributed by atoms with Crippen molar-refractivity contribution in [2.75, 3.05) is 0 Å². The fourth-order valence-corrected chi connectivity index (χ4v) is 2.37. The van der Waals surface area contributed by atoms with Crippen LogP contribution in [0.1, 0.15) is 11.1 Å². The summed E-state index contributed by atoms with van der Waals surface area (Å²) < 4.78 is 0. The molecule has 0 spiro atoms. The minimum atomic E-state index is 0.134. The predicted molar refractivity (Wildman–Crippen MR) is 78.2 cm³/mol. The quantitative estimate of drug-likeness (QED) is 0.664. The Balaban J connectivity index is 2.08. The molecule has 0 bridgehead atoms. The maximum Gasteiger partial charge on any atom is 0.123 e. The third-order valence-corrected chi connectivity index (χ3v) is 3.40. The summed E-state index contributed by atoms with van der Waals surface area (Å²) in [6.45, 7) is 0. The number of benzene rings is 3. The zero-order valence-corrected chi connectivity index (χ0v) is 10.7. The normalized spacial score (nSPS) is 10.8. The first-order valence-electron chi connectivity index (χ1n) is 6.35. The highest BCUT2D eigenvalue weighted by atomic mass is 16.3. The lowest BCUT2D eigenvalue weighted by molar-refractivity contribution is 0.471. The van der Waals surface area contributed by atoms with Gasteiger partial charge in [-0.3, -0.25) is 0 Å². The van der Waals surface area contributed by atoms with Gasteiger partial charge in [-0.15, -0.1) is 0 Å². The van der Waals surface area contributed by atoms with Gasteiger partial charge in [-0.1, -0.05) is 24.3 Å². The van der Waals surface area contributed by atoms with Gasteiger partial charge in [0.25, 0.3) is 0 Å². The fourth-order valence-electron chi connectivity index (χ4n) is 2.37. The summed E-state index contributed by atoms with van der Waals surface area (Å²) in [6.07, 6.45) is 0.696. The highest BCUT2D eigenvalue weighted by Gasteiger charge is 2.07. The van der Waals surface area contributed by atoms with Gasteiger partial charge in [0.05, 0.1) is 0 Å². The number of phenolic OH excluding ortho intramolecular Hbond substituents is 3. The number of phenols is 3. The SMILES string of the molecule is Oc1ccc(Cc2ccc(O)c3cc(O)ccc23)cc1. The van der Waals surface area contributed by atoms with E-state index in [0.717, 1.165) is 16.5 Å². The second-order valence-corrected chi connectivity index (χ2v) is 4.82. The van der Waals surface area contributed by atoms with Gasteiger partial charge in [-0.25, -0.2) is 0 Å². The number of aromatic hydroxyl groups is 3. The smallest absolute Gasteiger partial charge is 0.123 e. The average molecular weight is 266 g/mol. The Kier molecular flexibility index (Phi) is 2.95. The van der Waals surface area contributed by atoms with E-state index in [-0.39, 0.29) is 17.2 Å². The first-order valence-corrected chi connectivity index (χ1v) is 6.35. The van der Waals surface area contributed by atoms with Crippen molar-refractivity contribution in [3.8, 4) is 17.2 Å². The predicted octanol–water partition coefficient (Wildman–Crippen LogP) is 3.55. The minimum absolute atomic E-state index is 0.134. The Bertz CT molecular complexity index is 761. The van der Waals surface area contributed by atoms with E-state index in [2.05, 4.69) is 0 Å². The van der Waals surface area contributed by atoms with Crippen molar-refractivity contribution < 1.29 is 15.3 Å². The topological polar surface area (TPSA) is 60.7 Å². The summed E-state index contributed by atoms with van der Waals surface area (Å²) in [5.41, 5.74) is 2.13. The van der Waals surface area contributed by atoms with Crippen molar-refractivity contribution in [3.05, 3.63) is 65.7 Å². The molecule has 0 amide bonds. The number of hydrogen-bond donors (Lipinski definition) is 3. The molecule has 3 rings (SSSR count). The molecule has 0 radical (unpaired) electrons. The van der Waals surface area contributed by atoms with Gasteiger partial charge in [0.15, 0.2) is 0 Å². The van der Waals surface area contributed by atoms with E-state index in [1.807, 2.05) is 18.2 Å². The molecule has 3 aromatic carbocycles.